The number of nitro benzene ring substituents is 1. The van der Waals surface area contributed by atoms with Gasteiger partial charge in [0.2, 0.25) is 5.91 Å². The number of nitrogens with one attached hydrogen (secondary N) is 1. The summed E-state index contributed by atoms with van der Waals surface area (Å²) in [6.45, 7) is 1.92. The van der Waals surface area contributed by atoms with E-state index in [0.717, 1.165) is 6.42 Å². The minimum Gasteiger partial charge on any atom is -0.324 e. The Kier molecular flexibility index (Phi) is 5.06. The van der Waals surface area contributed by atoms with E-state index in [9.17, 15) is 14.9 Å². The number of hydrogen-bond acceptors (Lipinski definition) is 4. The lowest BCUT2D eigenvalue weighted by molar-refractivity contribution is -0.384. The molecule has 1 aromatic carbocycles. The van der Waals surface area contributed by atoms with Crippen molar-refractivity contribution in [3.8, 4) is 0 Å². The number of carbonyl (C=O) groups is 1. The molecule has 1 rings (SSSR count). The van der Waals surface area contributed by atoms with Crippen LogP contribution in [0.2, 0.25) is 5.02 Å². The third-order valence-corrected chi connectivity index (χ3v) is 2.67. The first-order chi connectivity index (χ1) is 8.45. The number of nitrogens with zero attached hydrogens (tertiary/aromatic N) is 1. The van der Waals surface area contributed by atoms with Gasteiger partial charge in [0.25, 0.3) is 5.69 Å². The van der Waals surface area contributed by atoms with E-state index in [4.69, 9.17) is 17.3 Å². The van der Waals surface area contributed by atoms with Gasteiger partial charge in [0.05, 0.1) is 11.0 Å². The number of halogens is 1. The number of amides is 1. The van der Waals surface area contributed by atoms with Crippen molar-refractivity contribution in [1.82, 2.24) is 0 Å². The van der Waals surface area contributed by atoms with Gasteiger partial charge in [0.1, 0.15) is 5.02 Å². The molecular weight excluding hydrogens is 258 g/mol. The smallest absolute Gasteiger partial charge is 0.289 e. The van der Waals surface area contributed by atoms with Gasteiger partial charge in [-0.2, -0.15) is 0 Å². The van der Waals surface area contributed by atoms with E-state index in [-0.39, 0.29) is 16.6 Å². The Bertz CT molecular complexity index is 465. The van der Waals surface area contributed by atoms with Crippen molar-refractivity contribution in [2.45, 2.75) is 25.8 Å². The molecule has 0 saturated heterocycles. The van der Waals surface area contributed by atoms with Crippen LogP contribution in [-0.4, -0.2) is 16.9 Å². The van der Waals surface area contributed by atoms with Crippen LogP contribution in [0, 0.1) is 10.1 Å². The van der Waals surface area contributed by atoms with Crippen LogP contribution in [0.5, 0.6) is 0 Å². The highest BCUT2D eigenvalue weighted by Crippen LogP contribution is 2.27. The lowest BCUT2D eigenvalue weighted by Gasteiger charge is -2.11. The molecular formula is C11H14ClN3O3. The number of benzene rings is 1. The molecule has 3 N–H and O–H groups in total. The van der Waals surface area contributed by atoms with E-state index >= 15 is 0 Å². The van der Waals surface area contributed by atoms with Gasteiger partial charge < -0.3 is 11.1 Å². The van der Waals surface area contributed by atoms with Crippen LogP contribution in [0.3, 0.4) is 0 Å². The number of rotatable bonds is 5. The fourth-order valence-corrected chi connectivity index (χ4v) is 1.59. The summed E-state index contributed by atoms with van der Waals surface area (Å²) in [5.74, 6) is -0.367. The SMILES string of the molecule is CCC[C@@H](N)C(=O)Nc1ccc(Cl)c([N+](=O)[O-])c1. The van der Waals surface area contributed by atoms with Crippen LogP contribution >= 0.6 is 11.6 Å². The van der Waals surface area contributed by atoms with Crippen LogP contribution in [0.25, 0.3) is 0 Å². The van der Waals surface area contributed by atoms with Gasteiger partial charge >= 0.3 is 0 Å². The first-order valence-electron chi connectivity index (χ1n) is 5.46. The number of carbonyl (C=O) groups excluding carboxylic acids is 1. The van der Waals surface area contributed by atoms with E-state index in [0.29, 0.717) is 12.1 Å². The Labute approximate surface area is 109 Å². The normalized spacial score (nSPS) is 11.9. The van der Waals surface area contributed by atoms with E-state index in [1.807, 2.05) is 6.92 Å². The molecule has 0 aliphatic rings. The predicted molar refractivity (Wildman–Crippen MR) is 69.6 cm³/mol. The summed E-state index contributed by atoms with van der Waals surface area (Å²) in [5.41, 5.74) is 5.69. The van der Waals surface area contributed by atoms with Gasteiger partial charge in [0, 0.05) is 11.8 Å². The number of nitrogens with two attached hydrogens (primary N) is 1. The minimum absolute atomic E-state index is 0.0239. The first-order valence-corrected chi connectivity index (χ1v) is 5.84. The van der Waals surface area contributed by atoms with Crippen molar-refractivity contribution < 1.29 is 9.72 Å². The van der Waals surface area contributed by atoms with Gasteiger partial charge in [0.15, 0.2) is 0 Å². The van der Waals surface area contributed by atoms with Crippen LogP contribution < -0.4 is 11.1 Å². The van der Waals surface area contributed by atoms with Gasteiger partial charge in [-0.3, -0.25) is 14.9 Å². The predicted octanol–water partition coefficient (Wildman–Crippen LogP) is 2.31. The van der Waals surface area contributed by atoms with E-state index in [1.54, 1.807) is 0 Å². The second kappa shape index (κ2) is 6.32. The Morgan fingerprint density at radius 3 is 2.83 bits per heavy atom. The van der Waals surface area contributed by atoms with Crippen LogP contribution in [0.4, 0.5) is 11.4 Å². The molecule has 98 valence electrons. The lowest BCUT2D eigenvalue weighted by Crippen LogP contribution is -2.35. The molecule has 1 amide bonds. The maximum Gasteiger partial charge on any atom is 0.289 e. The molecule has 0 unspecified atom stereocenters. The largest absolute Gasteiger partial charge is 0.324 e. The van der Waals surface area contributed by atoms with Crippen LogP contribution in [0.15, 0.2) is 18.2 Å². The Morgan fingerprint density at radius 1 is 1.61 bits per heavy atom. The summed E-state index contributed by atoms with van der Waals surface area (Å²) < 4.78 is 0. The Hall–Kier alpha value is -1.66. The van der Waals surface area contributed by atoms with E-state index in [1.165, 1.54) is 18.2 Å². The standard InChI is InChI=1S/C11H14ClN3O3/c1-2-3-9(13)11(16)14-7-4-5-8(12)10(6-7)15(17)18/h4-6,9H,2-3,13H2,1H3,(H,14,16)/t9-/m1/s1. The molecule has 0 aliphatic carbocycles. The maximum atomic E-state index is 11.6. The zero-order valence-corrected chi connectivity index (χ0v) is 10.6. The summed E-state index contributed by atoms with van der Waals surface area (Å²) in [6, 6.07) is 3.44. The first kappa shape index (κ1) is 14.4. The molecule has 0 heterocycles. The molecule has 0 fully saturated rings. The summed E-state index contributed by atoms with van der Waals surface area (Å²) >= 11 is 5.66. The summed E-state index contributed by atoms with van der Waals surface area (Å²) in [5, 5.41) is 13.2. The van der Waals surface area contributed by atoms with Crippen molar-refractivity contribution in [2.24, 2.45) is 5.73 Å². The van der Waals surface area contributed by atoms with Gasteiger partial charge in [-0.25, -0.2) is 0 Å². The molecule has 1 aromatic rings. The van der Waals surface area contributed by atoms with Crippen molar-refractivity contribution in [2.75, 3.05) is 5.32 Å². The molecule has 0 saturated carbocycles. The van der Waals surface area contributed by atoms with Crippen molar-refractivity contribution in [1.29, 1.82) is 0 Å². The van der Waals surface area contributed by atoms with Crippen molar-refractivity contribution in [3.05, 3.63) is 33.3 Å². The summed E-state index contributed by atoms with van der Waals surface area (Å²) in [7, 11) is 0. The van der Waals surface area contributed by atoms with Gasteiger partial charge in [-0.15, -0.1) is 0 Å². The highest BCUT2D eigenvalue weighted by molar-refractivity contribution is 6.32. The summed E-state index contributed by atoms with van der Waals surface area (Å²) in [6.07, 6.45) is 1.34. The molecule has 0 radical (unpaired) electrons. The fourth-order valence-electron chi connectivity index (χ4n) is 1.41. The van der Waals surface area contributed by atoms with E-state index < -0.39 is 11.0 Å². The molecule has 0 aromatic heterocycles. The highest BCUT2D eigenvalue weighted by Gasteiger charge is 2.16. The van der Waals surface area contributed by atoms with Crippen LogP contribution in [0.1, 0.15) is 19.8 Å². The third kappa shape index (κ3) is 3.68. The molecule has 0 aliphatic heterocycles. The molecule has 18 heavy (non-hydrogen) atoms. The quantitative estimate of drug-likeness (QED) is 0.634. The van der Waals surface area contributed by atoms with Crippen LogP contribution in [-0.2, 0) is 4.79 Å². The van der Waals surface area contributed by atoms with Crippen molar-refractivity contribution in [3.63, 3.8) is 0 Å². The topological polar surface area (TPSA) is 98.3 Å². The Morgan fingerprint density at radius 2 is 2.28 bits per heavy atom. The third-order valence-electron chi connectivity index (χ3n) is 2.35. The number of anilines is 1. The fraction of sp³-hybridized carbons (Fsp3) is 0.364. The lowest BCUT2D eigenvalue weighted by atomic mass is 10.1. The second-order valence-electron chi connectivity index (χ2n) is 3.81. The molecule has 7 heteroatoms. The average Bonchev–Trinajstić information content (AvgIpc) is 2.31. The summed E-state index contributed by atoms with van der Waals surface area (Å²) in [4.78, 5) is 21.7. The minimum atomic E-state index is -0.621. The average molecular weight is 272 g/mol. The zero-order valence-electron chi connectivity index (χ0n) is 9.85. The second-order valence-corrected chi connectivity index (χ2v) is 4.21. The molecule has 6 nitrogen and oxygen atoms in total. The van der Waals surface area contributed by atoms with Gasteiger partial charge in [-0.05, 0) is 18.6 Å². The van der Waals surface area contributed by atoms with Crippen molar-refractivity contribution >= 4 is 28.9 Å². The van der Waals surface area contributed by atoms with Gasteiger partial charge in [-0.1, -0.05) is 24.9 Å². The van der Waals surface area contributed by atoms with E-state index in [2.05, 4.69) is 5.32 Å². The monoisotopic (exact) mass is 271 g/mol. The Balaban J connectivity index is 2.82. The maximum absolute atomic E-state index is 11.6. The number of hydrogen-bond donors (Lipinski definition) is 2. The molecule has 0 spiro atoms. The molecule has 1 atom stereocenters. The highest BCUT2D eigenvalue weighted by atomic mass is 35.5. The zero-order chi connectivity index (χ0) is 13.7. The number of nitro groups is 1. The molecule has 0 bridgehead atoms.